The van der Waals surface area contributed by atoms with E-state index in [1.54, 1.807) is 17.4 Å². The molecule has 0 spiro atoms. The highest BCUT2D eigenvalue weighted by molar-refractivity contribution is 7.10. The number of rotatable bonds is 4. The Balaban J connectivity index is 2.20. The molecule has 0 radical (unpaired) electrons. The van der Waals surface area contributed by atoms with E-state index in [1.165, 1.54) is 12.1 Å². The first-order valence-corrected chi connectivity index (χ1v) is 6.73. The Labute approximate surface area is 114 Å². The van der Waals surface area contributed by atoms with E-state index in [1.807, 2.05) is 18.4 Å². The molecule has 96 valence electrons. The third-order valence-electron chi connectivity index (χ3n) is 2.58. The Bertz CT molecular complexity index is 544. The van der Waals surface area contributed by atoms with Crippen molar-refractivity contribution in [3.8, 4) is 5.75 Å². The van der Waals surface area contributed by atoms with E-state index in [-0.39, 0.29) is 11.1 Å². The molecule has 18 heavy (non-hydrogen) atoms. The quantitative estimate of drug-likeness (QED) is 0.924. The van der Waals surface area contributed by atoms with Crippen molar-refractivity contribution in [3.63, 3.8) is 0 Å². The molecule has 0 amide bonds. The van der Waals surface area contributed by atoms with Gasteiger partial charge in [0, 0.05) is 17.5 Å². The second-order valence-corrected chi connectivity index (χ2v) is 5.24. The minimum atomic E-state index is -0.458. The summed E-state index contributed by atoms with van der Waals surface area (Å²) in [6.07, 6.45) is -0.230. The van der Waals surface area contributed by atoms with E-state index < -0.39 is 5.82 Å². The van der Waals surface area contributed by atoms with Gasteiger partial charge in [-0.2, -0.15) is 0 Å². The van der Waals surface area contributed by atoms with Crippen molar-refractivity contribution in [1.82, 2.24) is 0 Å². The highest BCUT2D eigenvalue weighted by Gasteiger charge is 2.16. The molecular weight excluding hydrogens is 273 g/mol. The predicted octanol–water partition coefficient (Wildman–Crippen LogP) is 3.93. The predicted molar refractivity (Wildman–Crippen MR) is 72.9 cm³/mol. The molecule has 0 aliphatic carbocycles. The number of aryl methyl sites for hydroxylation is 1. The molecule has 1 atom stereocenters. The maximum atomic E-state index is 13.0. The van der Waals surface area contributed by atoms with Crippen LogP contribution in [-0.4, -0.2) is 6.54 Å². The van der Waals surface area contributed by atoms with Crippen LogP contribution in [0.25, 0.3) is 0 Å². The molecule has 0 bridgehead atoms. The first-order valence-electron chi connectivity index (χ1n) is 5.47. The van der Waals surface area contributed by atoms with E-state index >= 15 is 0 Å². The fourth-order valence-corrected chi connectivity index (χ4v) is 2.78. The second kappa shape index (κ2) is 5.69. The fraction of sp³-hybridized carbons (Fsp3) is 0.231. The van der Waals surface area contributed by atoms with Crippen molar-refractivity contribution in [2.45, 2.75) is 13.0 Å². The zero-order valence-corrected chi connectivity index (χ0v) is 11.4. The molecule has 5 heteroatoms. The SMILES string of the molecule is Cc1ccsc1C(CN)Oc1ccc(F)c(Cl)c1. The largest absolute Gasteiger partial charge is 0.483 e. The molecule has 2 nitrogen and oxygen atoms in total. The third-order valence-corrected chi connectivity index (χ3v) is 3.98. The van der Waals surface area contributed by atoms with Crippen LogP contribution in [0.2, 0.25) is 5.02 Å². The van der Waals surface area contributed by atoms with Crippen LogP contribution < -0.4 is 10.5 Å². The van der Waals surface area contributed by atoms with Crippen molar-refractivity contribution < 1.29 is 9.13 Å². The van der Waals surface area contributed by atoms with Crippen LogP contribution in [0.1, 0.15) is 16.5 Å². The minimum absolute atomic E-state index is 0.0474. The number of hydrogen-bond acceptors (Lipinski definition) is 3. The van der Waals surface area contributed by atoms with Crippen LogP contribution in [0, 0.1) is 12.7 Å². The van der Waals surface area contributed by atoms with E-state index in [9.17, 15) is 4.39 Å². The lowest BCUT2D eigenvalue weighted by atomic mass is 10.2. The van der Waals surface area contributed by atoms with E-state index in [2.05, 4.69) is 0 Å². The average Bonchev–Trinajstić information content (AvgIpc) is 2.77. The van der Waals surface area contributed by atoms with Crippen LogP contribution in [0.4, 0.5) is 4.39 Å². The molecule has 0 aliphatic heterocycles. The van der Waals surface area contributed by atoms with Crippen LogP contribution >= 0.6 is 22.9 Å². The maximum absolute atomic E-state index is 13.0. The lowest BCUT2D eigenvalue weighted by molar-refractivity contribution is 0.217. The molecule has 0 aliphatic rings. The molecule has 1 unspecified atom stereocenters. The summed E-state index contributed by atoms with van der Waals surface area (Å²) < 4.78 is 18.8. The summed E-state index contributed by atoms with van der Waals surface area (Å²) in [6.45, 7) is 2.37. The normalized spacial score (nSPS) is 12.4. The number of halogens is 2. The first kappa shape index (κ1) is 13.3. The Kier molecular flexibility index (Phi) is 4.22. The Hall–Kier alpha value is -1.10. The number of benzene rings is 1. The van der Waals surface area contributed by atoms with Gasteiger partial charge in [-0.1, -0.05) is 11.6 Å². The lowest BCUT2D eigenvalue weighted by Gasteiger charge is -2.17. The van der Waals surface area contributed by atoms with Gasteiger partial charge in [-0.3, -0.25) is 0 Å². The molecule has 1 aromatic carbocycles. The smallest absolute Gasteiger partial charge is 0.145 e. The molecule has 0 saturated heterocycles. The van der Waals surface area contributed by atoms with Gasteiger partial charge in [-0.05, 0) is 36.1 Å². The Morgan fingerprint density at radius 1 is 1.44 bits per heavy atom. The molecule has 0 fully saturated rings. The standard InChI is InChI=1S/C13H13ClFNOS/c1-8-4-5-18-13(8)12(7-16)17-9-2-3-11(15)10(14)6-9/h2-6,12H,7,16H2,1H3. The zero-order valence-electron chi connectivity index (χ0n) is 9.82. The molecule has 2 rings (SSSR count). The third kappa shape index (κ3) is 2.83. The fourth-order valence-electron chi connectivity index (χ4n) is 1.64. The second-order valence-electron chi connectivity index (χ2n) is 3.89. The Morgan fingerprint density at radius 3 is 2.78 bits per heavy atom. The number of thiophene rings is 1. The monoisotopic (exact) mass is 285 g/mol. The summed E-state index contributed by atoms with van der Waals surface area (Å²) in [5.41, 5.74) is 6.87. The van der Waals surface area contributed by atoms with Crippen molar-refractivity contribution in [1.29, 1.82) is 0 Å². The number of nitrogens with two attached hydrogens (primary N) is 1. The van der Waals surface area contributed by atoms with Gasteiger partial charge in [-0.25, -0.2) is 4.39 Å². The summed E-state index contributed by atoms with van der Waals surface area (Å²) in [4.78, 5) is 1.08. The zero-order chi connectivity index (χ0) is 13.1. The summed E-state index contributed by atoms with van der Waals surface area (Å²) in [5.74, 6) is 0.0604. The van der Waals surface area contributed by atoms with Crippen molar-refractivity contribution in [3.05, 3.63) is 50.9 Å². The van der Waals surface area contributed by atoms with Crippen LogP contribution in [0.15, 0.2) is 29.6 Å². The Morgan fingerprint density at radius 2 is 2.22 bits per heavy atom. The highest BCUT2D eigenvalue weighted by Crippen LogP contribution is 2.29. The van der Waals surface area contributed by atoms with Crippen LogP contribution in [-0.2, 0) is 0 Å². The van der Waals surface area contributed by atoms with E-state index in [4.69, 9.17) is 22.1 Å². The minimum Gasteiger partial charge on any atom is -0.483 e. The molecule has 2 N–H and O–H groups in total. The van der Waals surface area contributed by atoms with Gasteiger partial charge >= 0.3 is 0 Å². The topological polar surface area (TPSA) is 35.2 Å². The molecule has 2 aromatic rings. The van der Waals surface area contributed by atoms with Crippen molar-refractivity contribution in [2.24, 2.45) is 5.73 Å². The highest BCUT2D eigenvalue weighted by atomic mass is 35.5. The van der Waals surface area contributed by atoms with Crippen LogP contribution in [0.5, 0.6) is 5.75 Å². The van der Waals surface area contributed by atoms with Crippen molar-refractivity contribution >= 4 is 22.9 Å². The van der Waals surface area contributed by atoms with Gasteiger partial charge in [0.1, 0.15) is 17.7 Å². The maximum Gasteiger partial charge on any atom is 0.145 e. The van der Waals surface area contributed by atoms with Gasteiger partial charge in [0.25, 0.3) is 0 Å². The lowest BCUT2D eigenvalue weighted by Crippen LogP contribution is -2.18. The molecule has 1 aromatic heterocycles. The van der Waals surface area contributed by atoms with Gasteiger partial charge in [-0.15, -0.1) is 11.3 Å². The van der Waals surface area contributed by atoms with E-state index in [0.717, 1.165) is 10.4 Å². The molecular formula is C13H13ClFNOS. The number of ether oxygens (including phenoxy) is 1. The molecule has 1 heterocycles. The summed E-state index contributed by atoms with van der Waals surface area (Å²) in [5, 5.41) is 2.04. The first-order chi connectivity index (χ1) is 8.61. The van der Waals surface area contributed by atoms with Gasteiger partial charge in [0.2, 0.25) is 0 Å². The van der Waals surface area contributed by atoms with Crippen molar-refractivity contribution in [2.75, 3.05) is 6.54 Å². The van der Waals surface area contributed by atoms with Crippen LogP contribution in [0.3, 0.4) is 0 Å². The van der Waals surface area contributed by atoms with Gasteiger partial charge in [0.15, 0.2) is 0 Å². The average molecular weight is 286 g/mol. The summed E-state index contributed by atoms with van der Waals surface area (Å²) in [7, 11) is 0. The number of hydrogen-bond donors (Lipinski definition) is 1. The van der Waals surface area contributed by atoms with Gasteiger partial charge in [0.05, 0.1) is 5.02 Å². The molecule has 0 saturated carbocycles. The van der Waals surface area contributed by atoms with Gasteiger partial charge < -0.3 is 10.5 Å². The van der Waals surface area contributed by atoms with E-state index in [0.29, 0.717) is 12.3 Å². The summed E-state index contributed by atoms with van der Waals surface area (Å²) in [6, 6.07) is 6.31. The summed E-state index contributed by atoms with van der Waals surface area (Å²) >= 11 is 7.31.